The summed E-state index contributed by atoms with van der Waals surface area (Å²) in [4.78, 5) is 11.1. The summed E-state index contributed by atoms with van der Waals surface area (Å²) in [5, 5.41) is 1.84. The van der Waals surface area contributed by atoms with Crippen molar-refractivity contribution in [3.05, 3.63) is 28.3 Å². The van der Waals surface area contributed by atoms with Crippen molar-refractivity contribution >= 4 is 37.2 Å². The van der Waals surface area contributed by atoms with Crippen molar-refractivity contribution < 1.29 is 22.0 Å². The molecule has 9 heteroatoms. The lowest BCUT2D eigenvalue weighted by atomic mass is 10.1. The minimum absolute atomic E-state index is 0.109. The van der Waals surface area contributed by atoms with Crippen LogP contribution >= 0.6 is 22.3 Å². The van der Waals surface area contributed by atoms with E-state index in [9.17, 15) is 22.0 Å². The number of hydrogen-bond donors (Lipinski definition) is 1. The standard InChI is InChI=1S/C10H9Cl2F2NO3S/c1-5-2-6(10(16)15-4-8(13)14)3-7(9(5)11)19(12,17)18/h2-3,8H,4H2,1H3,(H,15,16). The number of alkyl halides is 2. The molecule has 0 aliphatic rings. The van der Waals surface area contributed by atoms with Crippen molar-refractivity contribution in [1.29, 1.82) is 0 Å². The summed E-state index contributed by atoms with van der Waals surface area (Å²) < 4.78 is 46.5. The number of carbonyl (C=O) groups excluding carboxylic acids is 1. The van der Waals surface area contributed by atoms with Crippen molar-refractivity contribution in [2.24, 2.45) is 0 Å². The van der Waals surface area contributed by atoms with E-state index >= 15 is 0 Å². The molecule has 1 aromatic rings. The molecule has 1 N–H and O–H groups in total. The van der Waals surface area contributed by atoms with E-state index in [2.05, 4.69) is 0 Å². The zero-order valence-electron chi connectivity index (χ0n) is 9.58. The lowest BCUT2D eigenvalue weighted by molar-refractivity contribution is 0.0891. The van der Waals surface area contributed by atoms with Gasteiger partial charge in [0, 0.05) is 16.2 Å². The molecule has 0 saturated heterocycles. The van der Waals surface area contributed by atoms with Crippen LogP contribution in [0.5, 0.6) is 0 Å². The van der Waals surface area contributed by atoms with Crippen molar-refractivity contribution in [3.8, 4) is 0 Å². The molecule has 19 heavy (non-hydrogen) atoms. The predicted molar refractivity (Wildman–Crippen MR) is 67.6 cm³/mol. The van der Waals surface area contributed by atoms with Crippen LogP contribution in [0.2, 0.25) is 5.02 Å². The maximum Gasteiger partial charge on any atom is 0.262 e. The van der Waals surface area contributed by atoms with Gasteiger partial charge in [0.15, 0.2) is 0 Å². The molecule has 1 rings (SSSR count). The number of amides is 1. The summed E-state index contributed by atoms with van der Waals surface area (Å²) in [5.41, 5.74) is 0.187. The summed E-state index contributed by atoms with van der Waals surface area (Å²) in [6.45, 7) is 0.640. The lowest BCUT2D eigenvalue weighted by Crippen LogP contribution is -2.28. The zero-order valence-corrected chi connectivity index (χ0v) is 11.9. The van der Waals surface area contributed by atoms with E-state index in [4.69, 9.17) is 22.3 Å². The number of halogens is 4. The SMILES string of the molecule is Cc1cc(C(=O)NCC(F)F)cc(S(=O)(=O)Cl)c1Cl. The average molecular weight is 332 g/mol. The van der Waals surface area contributed by atoms with E-state index in [0.717, 1.165) is 6.07 Å². The molecule has 0 aliphatic heterocycles. The van der Waals surface area contributed by atoms with Gasteiger partial charge in [-0.25, -0.2) is 17.2 Å². The fourth-order valence-corrected chi connectivity index (χ4v) is 2.86. The molecule has 0 unspecified atom stereocenters. The maximum absolute atomic E-state index is 12.0. The Morgan fingerprint density at radius 1 is 1.42 bits per heavy atom. The smallest absolute Gasteiger partial charge is 0.262 e. The minimum atomic E-state index is -4.13. The largest absolute Gasteiger partial charge is 0.346 e. The molecule has 0 heterocycles. The number of carbonyl (C=O) groups is 1. The van der Waals surface area contributed by atoms with Gasteiger partial charge in [-0.1, -0.05) is 11.6 Å². The minimum Gasteiger partial charge on any atom is -0.346 e. The van der Waals surface area contributed by atoms with Crippen LogP contribution in [0.15, 0.2) is 17.0 Å². The normalized spacial score (nSPS) is 11.7. The summed E-state index contributed by atoms with van der Waals surface area (Å²) in [5.74, 6) is -0.832. The molecule has 1 aromatic carbocycles. The van der Waals surface area contributed by atoms with Gasteiger partial charge in [0.25, 0.3) is 21.4 Å². The molecule has 106 valence electrons. The van der Waals surface area contributed by atoms with E-state index in [0.29, 0.717) is 5.56 Å². The lowest BCUT2D eigenvalue weighted by Gasteiger charge is -2.09. The second-order valence-electron chi connectivity index (χ2n) is 3.64. The van der Waals surface area contributed by atoms with Gasteiger partial charge in [0.2, 0.25) is 0 Å². The summed E-state index contributed by atoms with van der Waals surface area (Å²) >= 11 is 5.77. The Hall–Kier alpha value is -0.920. The highest BCUT2D eigenvalue weighted by Crippen LogP contribution is 2.29. The van der Waals surface area contributed by atoms with Crippen LogP contribution in [0.3, 0.4) is 0 Å². The predicted octanol–water partition coefficient (Wildman–Crippen LogP) is 2.57. The first-order valence-corrected chi connectivity index (χ1v) is 7.63. The fourth-order valence-electron chi connectivity index (χ4n) is 1.32. The highest BCUT2D eigenvalue weighted by molar-refractivity contribution is 8.13. The van der Waals surface area contributed by atoms with E-state index < -0.39 is 32.8 Å². The third kappa shape index (κ3) is 4.29. The molecule has 0 atom stereocenters. The molecule has 0 aliphatic carbocycles. The van der Waals surface area contributed by atoms with Crippen LogP contribution in [0.25, 0.3) is 0 Å². The van der Waals surface area contributed by atoms with Gasteiger partial charge in [0.05, 0.1) is 11.6 Å². The first-order valence-electron chi connectivity index (χ1n) is 4.94. The van der Waals surface area contributed by atoms with Crippen LogP contribution in [-0.2, 0) is 9.05 Å². The Kier molecular flexibility index (Phi) is 5.11. The number of benzene rings is 1. The molecule has 0 aromatic heterocycles. The van der Waals surface area contributed by atoms with E-state index in [1.54, 1.807) is 0 Å². The average Bonchev–Trinajstić information content (AvgIpc) is 2.27. The van der Waals surface area contributed by atoms with Crippen molar-refractivity contribution in [2.75, 3.05) is 6.54 Å². The van der Waals surface area contributed by atoms with Crippen LogP contribution in [-0.4, -0.2) is 27.3 Å². The van der Waals surface area contributed by atoms with Gasteiger partial charge >= 0.3 is 0 Å². The van der Waals surface area contributed by atoms with Gasteiger partial charge in [-0.2, -0.15) is 0 Å². The first-order chi connectivity index (χ1) is 8.62. The Balaban J connectivity index is 3.18. The fraction of sp³-hybridized carbons (Fsp3) is 0.300. The van der Waals surface area contributed by atoms with Crippen molar-refractivity contribution in [3.63, 3.8) is 0 Å². The van der Waals surface area contributed by atoms with E-state index in [1.165, 1.54) is 13.0 Å². The number of hydrogen-bond acceptors (Lipinski definition) is 3. The molecule has 4 nitrogen and oxygen atoms in total. The summed E-state index contributed by atoms with van der Waals surface area (Å²) in [6.07, 6.45) is -2.70. The van der Waals surface area contributed by atoms with Crippen LogP contribution in [0.1, 0.15) is 15.9 Å². The second-order valence-corrected chi connectivity index (χ2v) is 6.56. The molecule has 0 bridgehead atoms. The number of nitrogens with one attached hydrogen (secondary N) is 1. The zero-order chi connectivity index (χ0) is 14.8. The third-order valence-electron chi connectivity index (χ3n) is 2.16. The third-order valence-corrected chi connectivity index (χ3v) is 4.12. The van der Waals surface area contributed by atoms with E-state index in [1.807, 2.05) is 5.32 Å². The molecular weight excluding hydrogens is 323 g/mol. The van der Waals surface area contributed by atoms with Crippen molar-refractivity contribution in [2.45, 2.75) is 18.2 Å². The van der Waals surface area contributed by atoms with Gasteiger partial charge in [0.1, 0.15) is 4.90 Å². The topological polar surface area (TPSA) is 63.2 Å². The van der Waals surface area contributed by atoms with Crippen LogP contribution in [0, 0.1) is 6.92 Å². The quantitative estimate of drug-likeness (QED) is 0.862. The molecule has 0 saturated carbocycles. The van der Waals surface area contributed by atoms with Crippen LogP contribution in [0.4, 0.5) is 8.78 Å². The summed E-state index contributed by atoms with van der Waals surface area (Å²) in [6, 6.07) is 2.23. The Morgan fingerprint density at radius 3 is 2.47 bits per heavy atom. The van der Waals surface area contributed by atoms with Gasteiger partial charge in [-0.3, -0.25) is 4.79 Å². The van der Waals surface area contributed by atoms with E-state index in [-0.39, 0.29) is 10.6 Å². The van der Waals surface area contributed by atoms with Gasteiger partial charge in [-0.05, 0) is 24.6 Å². The molecule has 0 fully saturated rings. The van der Waals surface area contributed by atoms with Gasteiger partial charge < -0.3 is 5.32 Å². The Morgan fingerprint density at radius 2 is 2.00 bits per heavy atom. The van der Waals surface area contributed by atoms with Crippen molar-refractivity contribution in [1.82, 2.24) is 5.32 Å². The molecular formula is C10H9Cl2F2NO3S. The monoisotopic (exact) mass is 331 g/mol. The maximum atomic E-state index is 12.0. The second kappa shape index (κ2) is 6.02. The summed E-state index contributed by atoms with van der Waals surface area (Å²) in [7, 11) is 1.04. The first kappa shape index (κ1) is 16.1. The molecule has 0 radical (unpaired) electrons. The number of aryl methyl sites for hydroxylation is 1. The highest BCUT2D eigenvalue weighted by atomic mass is 35.7. The molecule has 0 spiro atoms. The Labute approximate surface area is 118 Å². The van der Waals surface area contributed by atoms with Gasteiger partial charge in [-0.15, -0.1) is 0 Å². The van der Waals surface area contributed by atoms with Crippen LogP contribution < -0.4 is 5.32 Å². The highest BCUT2D eigenvalue weighted by Gasteiger charge is 2.20. The Bertz CT molecular complexity index is 605. The number of rotatable bonds is 4. The molecule has 1 amide bonds.